The molecule has 2 heterocycles. The molecule has 29 heavy (non-hydrogen) atoms. The number of hydrogen-bond donors (Lipinski definition) is 1. The molecule has 2 aromatic rings. The molecule has 1 aromatic heterocycles. The SMILES string of the molecule is CC(C)(C)c1cc(NC(=O)c2ccc(OC(F)F)cc2)n([C@H]2CCS(=O)(=O)C2)n1. The van der Waals surface area contributed by atoms with Gasteiger partial charge in [0.05, 0.1) is 23.2 Å². The number of carbonyl (C=O) groups is 1. The first-order valence-electron chi connectivity index (χ1n) is 9.11. The van der Waals surface area contributed by atoms with Crippen molar-refractivity contribution in [1.82, 2.24) is 9.78 Å². The van der Waals surface area contributed by atoms with Crippen LogP contribution in [-0.2, 0) is 15.3 Å². The molecule has 1 aromatic carbocycles. The van der Waals surface area contributed by atoms with Crippen LogP contribution in [0.3, 0.4) is 0 Å². The highest BCUT2D eigenvalue weighted by molar-refractivity contribution is 7.91. The summed E-state index contributed by atoms with van der Waals surface area (Å²) in [6, 6.07) is 6.69. The molecule has 0 unspecified atom stereocenters. The van der Waals surface area contributed by atoms with Crippen molar-refractivity contribution < 1.29 is 26.7 Å². The molecule has 1 atom stereocenters. The van der Waals surface area contributed by atoms with Crippen LogP contribution in [0.4, 0.5) is 14.6 Å². The lowest BCUT2D eigenvalue weighted by molar-refractivity contribution is -0.0498. The summed E-state index contributed by atoms with van der Waals surface area (Å²) in [5, 5.41) is 7.32. The van der Waals surface area contributed by atoms with Crippen LogP contribution >= 0.6 is 0 Å². The molecule has 1 amide bonds. The molecular weight excluding hydrogens is 404 g/mol. The third-order valence-corrected chi connectivity index (χ3v) is 6.39. The van der Waals surface area contributed by atoms with Crippen LogP contribution in [0.15, 0.2) is 30.3 Å². The Bertz CT molecular complexity index is 995. The number of anilines is 1. The Morgan fingerprint density at radius 1 is 1.28 bits per heavy atom. The highest BCUT2D eigenvalue weighted by Gasteiger charge is 2.33. The number of rotatable bonds is 5. The molecule has 0 radical (unpaired) electrons. The van der Waals surface area contributed by atoms with Crippen LogP contribution in [-0.4, -0.2) is 42.2 Å². The third-order valence-electron chi connectivity index (χ3n) is 4.64. The first-order valence-corrected chi connectivity index (χ1v) is 10.9. The van der Waals surface area contributed by atoms with Gasteiger partial charge >= 0.3 is 6.61 Å². The van der Waals surface area contributed by atoms with Gasteiger partial charge in [-0.3, -0.25) is 4.79 Å². The van der Waals surface area contributed by atoms with Crippen molar-refractivity contribution in [2.45, 2.75) is 45.3 Å². The Morgan fingerprint density at radius 3 is 2.45 bits per heavy atom. The number of alkyl halides is 2. The Kier molecular flexibility index (Phi) is 5.66. The molecule has 1 saturated heterocycles. The van der Waals surface area contributed by atoms with Crippen molar-refractivity contribution in [2.24, 2.45) is 0 Å². The van der Waals surface area contributed by atoms with Crippen molar-refractivity contribution in [3.8, 4) is 5.75 Å². The zero-order valence-electron chi connectivity index (χ0n) is 16.4. The molecule has 1 N–H and O–H groups in total. The highest BCUT2D eigenvalue weighted by atomic mass is 32.2. The summed E-state index contributed by atoms with van der Waals surface area (Å²) in [5.74, 6) is -0.0546. The largest absolute Gasteiger partial charge is 0.435 e. The summed E-state index contributed by atoms with van der Waals surface area (Å²) < 4.78 is 54.1. The molecule has 0 bridgehead atoms. The fraction of sp³-hybridized carbons (Fsp3) is 0.474. The second kappa shape index (κ2) is 7.74. The average molecular weight is 427 g/mol. The number of nitrogens with one attached hydrogen (secondary N) is 1. The van der Waals surface area contributed by atoms with Crippen molar-refractivity contribution in [1.29, 1.82) is 0 Å². The average Bonchev–Trinajstić information content (AvgIpc) is 3.17. The summed E-state index contributed by atoms with van der Waals surface area (Å²) in [5.41, 5.74) is 0.671. The van der Waals surface area contributed by atoms with E-state index in [0.29, 0.717) is 12.2 Å². The maximum absolute atomic E-state index is 12.6. The van der Waals surface area contributed by atoms with E-state index in [1.54, 1.807) is 10.7 Å². The number of nitrogens with zero attached hydrogens (tertiary/aromatic N) is 2. The molecular formula is C19H23F2N3O4S. The standard InChI is InChI=1S/C19H23F2N3O4S/c1-19(2,3)15-10-16(24(23-15)13-8-9-29(26,27)11-13)22-17(25)12-4-6-14(7-5-12)28-18(20)21/h4-7,10,13,18H,8-9,11H2,1-3H3,(H,22,25)/t13-/m0/s1. The van der Waals surface area contributed by atoms with Crippen LogP contribution in [0.5, 0.6) is 5.75 Å². The quantitative estimate of drug-likeness (QED) is 0.790. The van der Waals surface area contributed by atoms with Crippen LogP contribution in [0.1, 0.15) is 49.3 Å². The molecule has 10 heteroatoms. The number of halogens is 2. The lowest BCUT2D eigenvalue weighted by Gasteiger charge is -2.15. The van der Waals surface area contributed by atoms with Crippen LogP contribution in [0.2, 0.25) is 0 Å². The number of hydrogen-bond acceptors (Lipinski definition) is 5. The first kappa shape index (κ1) is 21.2. The van der Waals surface area contributed by atoms with E-state index in [1.165, 1.54) is 24.3 Å². The molecule has 0 saturated carbocycles. The minimum atomic E-state index is -3.13. The van der Waals surface area contributed by atoms with Crippen LogP contribution < -0.4 is 10.1 Å². The van der Waals surface area contributed by atoms with Gasteiger partial charge in [-0.15, -0.1) is 0 Å². The molecule has 1 fully saturated rings. The van der Waals surface area contributed by atoms with E-state index in [0.717, 1.165) is 5.69 Å². The molecule has 7 nitrogen and oxygen atoms in total. The number of sulfone groups is 1. The van der Waals surface area contributed by atoms with E-state index in [9.17, 15) is 22.0 Å². The van der Waals surface area contributed by atoms with Gasteiger partial charge in [0.2, 0.25) is 0 Å². The molecule has 0 spiro atoms. The number of carbonyl (C=O) groups excluding carboxylic acids is 1. The van der Waals surface area contributed by atoms with Crippen LogP contribution in [0.25, 0.3) is 0 Å². The normalized spacial score (nSPS) is 18.8. The molecule has 1 aliphatic rings. The summed E-state index contributed by atoms with van der Waals surface area (Å²) in [6.45, 7) is 2.97. The van der Waals surface area contributed by atoms with E-state index in [4.69, 9.17) is 0 Å². The molecule has 3 rings (SSSR count). The minimum absolute atomic E-state index is 0.0270. The monoisotopic (exact) mass is 427 g/mol. The van der Waals surface area contributed by atoms with Gasteiger partial charge in [0.15, 0.2) is 9.84 Å². The second-order valence-corrected chi connectivity index (χ2v) is 10.3. The minimum Gasteiger partial charge on any atom is -0.435 e. The van der Waals surface area contributed by atoms with Gasteiger partial charge < -0.3 is 10.1 Å². The zero-order valence-corrected chi connectivity index (χ0v) is 17.2. The Hall–Kier alpha value is -2.49. The number of aromatic nitrogens is 2. The van der Waals surface area contributed by atoms with Crippen molar-refractivity contribution in [3.63, 3.8) is 0 Å². The predicted octanol–water partition coefficient (Wildman–Crippen LogP) is 3.39. The van der Waals surface area contributed by atoms with Crippen molar-refractivity contribution >= 4 is 21.6 Å². The summed E-state index contributed by atoms with van der Waals surface area (Å²) in [7, 11) is -3.13. The van der Waals surface area contributed by atoms with Crippen molar-refractivity contribution in [3.05, 3.63) is 41.6 Å². The number of ether oxygens (including phenoxy) is 1. The Morgan fingerprint density at radius 2 is 1.93 bits per heavy atom. The van der Waals surface area contributed by atoms with Gasteiger partial charge in [-0.1, -0.05) is 20.8 Å². The van der Waals surface area contributed by atoms with E-state index >= 15 is 0 Å². The van der Waals surface area contributed by atoms with Gasteiger partial charge in [-0.2, -0.15) is 13.9 Å². The maximum atomic E-state index is 12.6. The highest BCUT2D eigenvalue weighted by Crippen LogP contribution is 2.31. The predicted molar refractivity (Wildman–Crippen MR) is 104 cm³/mol. The van der Waals surface area contributed by atoms with E-state index in [2.05, 4.69) is 15.2 Å². The first-order chi connectivity index (χ1) is 13.4. The number of amides is 1. The Balaban J connectivity index is 1.85. The second-order valence-electron chi connectivity index (χ2n) is 8.02. The van der Waals surface area contributed by atoms with E-state index < -0.39 is 22.4 Å². The summed E-state index contributed by atoms with van der Waals surface area (Å²) >= 11 is 0. The Labute approximate surface area is 168 Å². The van der Waals surface area contributed by atoms with Gasteiger partial charge in [-0.25, -0.2) is 13.1 Å². The van der Waals surface area contributed by atoms with Crippen molar-refractivity contribution in [2.75, 3.05) is 16.8 Å². The van der Waals surface area contributed by atoms with E-state index in [-0.39, 0.29) is 34.3 Å². The third kappa shape index (κ3) is 5.11. The van der Waals surface area contributed by atoms with Gasteiger partial charge in [0, 0.05) is 17.0 Å². The molecule has 1 aliphatic heterocycles. The van der Waals surface area contributed by atoms with Gasteiger partial charge in [0.1, 0.15) is 11.6 Å². The topological polar surface area (TPSA) is 90.3 Å². The van der Waals surface area contributed by atoms with Gasteiger partial charge in [-0.05, 0) is 30.7 Å². The zero-order chi connectivity index (χ0) is 21.4. The van der Waals surface area contributed by atoms with E-state index in [1.807, 2.05) is 20.8 Å². The molecule has 0 aliphatic carbocycles. The summed E-state index contributed by atoms with van der Waals surface area (Å²) in [6.07, 6.45) is 0.427. The molecule has 158 valence electrons. The van der Waals surface area contributed by atoms with Gasteiger partial charge in [0.25, 0.3) is 5.91 Å². The lowest BCUT2D eigenvalue weighted by atomic mass is 9.92. The smallest absolute Gasteiger partial charge is 0.387 e. The fourth-order valence-corrected chi connectivity index (χ4v) is 4.77. The number of benzene rings is 1. The summed E-state index contributed by atoms with van der Waals surface area (Å²) in [4.78, 5) is 12.6. The maximum Gasteiger partial charge on any atom is 0.387 e. The fourth-order valence-electron chi connectivity index (χ4n) is 3.08. The lowest BCUT2D eigenvalue weighted by Crippen LogP contribution is -2.20. The van der Waals surface area contributed by atoms with Crippen LogP contribution in [0, 0.1) is 0 Å².